The highest BCUT2D eigenvalue weighted by molar-refractivity contribution is 5.76. The molecule has 1 N–H and O–H groups in total. The van der Waals surface area contributed by atoms with E-state index in [9.17, 15) is 9.18 Å². The topological polar surface area (TPSA) is 32.3 Å². The highest BCUT2D eigenvalue weighted by Gasteiger charge is 2.23. The molecule has 0 radical (unpaired) electrons. The highest BCUT2D eigenvalue weighted by Crippen LogP contribution is 2.23. The zero-order valence-corrected chi connectivity index (χ0v) is 17.0. The van der Waals surface area contributed by atoms with E-state index in [1.807, 2.05) is 26.8 Å². The second-order valence-electron chi connectivity index (χ2n) is 6.65. The van der Waals surface area contributed by atoms with E-state index in [2.05, 4.69) is 32.2 Å². The van der Waals surface area contributed by atoms with E-state index in [0.717, 1.165) is 16.8 Å². The van der Waals surface area contributed by atoms with E-state index in [4.69, 9.17) is 0 Å². The predicted molar refractivity (Wildman–Crippen MR) is 107 cm³/mol. The molecule has 3 nitrogen and oxygen atoms in total. The summed E-state index contributed by atoms with van der Waals surface area (Å²) < 4.78 is 13.3. The van der Waals surface area contributed by atoms with Crippen molar-refractivity contribution in [3.63, 3.8) is 0 Å². The quantitative estimate of drug-likeness (QED) is 0.626. The monoisotopic (exact) mass is 360 g/mol. The molecule has 26 heavy (non-hydrogen) atoms. The number of rotatable bonds is 5. The van der Waals surface area contributed by atoms with Gasteiger partial charge in [0.2, 0.25) is 0 Å². The van der Waals surface area contributed by atoms with Gasteiger partial charge >= 0.3 is 6.03 Å². The third-order valence-corrected chi connectivity index (χ3v) is 4.58. The molecule has 1 aliphatic heterocycles. The van der Waals surface area contributed by atoms with Gasteiger partial charge in [0.15, 0.2) is 0 Å². The summed E-state index contributed by atoms with van der Waals surface area (Å²) in [7, 11) is 0. The third-order valence-electron chi connectivity index (χ3n) is 4.58. The van der Waals surface area contributed by atoms with Crippen molar-refractivity contribution in [3.8, 4) is 0 Å². The number of nitrogens with zero attached hydrogens (tertiary/aromatic N) is 1. The van der Waals surface area contributed by atoms with Gasteiger partial charge in [-0.2, -0.15) is 0 Å². The van der Waals surface area contributed by atoms with Crippen LogP contribution in [0.3, 0.4) is 0 Å². The molecule has 0 spiro atoms. The number of amides is 2. The predicted octanol–water partition coefficient (Wildman–Crippen LogP) is 6.16. The van der Waals surface area contributed by atoms with Gasteiger partial charge < -0.3 is 10.2 Å². The fraction of sp³-hybridized carbons (Fsp3) is 0.500. The molecule has 0 bridgehead atoms. The molecule has 0 fully saturated rings. The van der Waals surface area contributed by atoms with E-state index in [1.165, 1.54) is 30.5 Å². The lowest BCUT2D eigenvalue weighted by Gasteiger charge is -2.16. The van der Waals surface area contributed by atoms with Gasteiger partial charge in [0.1, 0.15) is 5.82 Å². The number of fused-ring (bicyclic) bond motifs is 1. The first-order chi connectivity index (χ1) is 12.4. The van der Waals surface area contributed by atoms with Gasteiger partial charge in [-0.15, -0.1) is 0 Å². The maximum Gasteiger partial charge on any atom is 0.322 e. The molecule has 2 amide bonds. The zero-order valence-electron chi connectivity index (χ0n) is 17.0. The Morgan fingerprint density at radius 1 is 1.23 bits per heavy atom. The van der Waals surface area contributed by atoms with Gasteiger partial charge in [-0.05, 0) is 55.5 Å². The van der Waals surface area contributed by atoms with Crippen LogP contribution in [-0.4, -0.2) is 10.9 Å². The SMILES string of the molecule is CC.CCCC(C)/C(C)=C/C=C(\C)NC(=O)N1Cc2ccc(F)cc2C1. The second kappa shape index (κ2) is 10.8. The van der Waals surface area contributed by atoms with Crippen LogP contribution in [0, 0.1) is 11.7 Å². The van der Waals surface area contributed by atoms with Gasteiger partial charge in [-0.3, -0.25) is 0 Å². The Morgan fingerprint density at radius 2 is 1.88 bits per heavy atom. The summed E-state index contributed by atoms with van der Waals surface area (Å²) in [6, 6.07) is 4.55. The Hall–Kier alpha value is -2.10. The summed E-state index contributed by atoms with van der Waals surface area (Å²) in [5.74, 6) is 0.298. The number of hydrogen-bond donors (Lipinski definition) is 1. The molecule has 0 aromatic heterocycles. The van der Waals surface area contributed by atoms with Crippen LogP contribution in [0.5, 0.6) is 0 Å². The van der Waals surface area contributed by atoms with Crippen molar-refractivity contribution in [1.29, 1.82) is 0 Å². The Balaban J connectivity index is 0.00000163. The number of carbonyl (C=O) groups is 1. The largest absolute Gasteiger partial charge is 0.322 e. The first-order valence-corrected chi connectivity index (χ1v) is 9.59. The molecule has 1 unspecified atom stereocenters. The van der Waals surface area contributed by atoms with Crippen LogP contribution in [0.25, 0.3) is 0 Å². The van der Waals surface area contributed by atoms with E-state index >= 15 is 0 Å². The first-order valence-electron chi connectivity index (χ1n) is 9.59. The fourth-order valence-electron chi connectivity index (χ4n) is 2.88. The normalized spacial score (nSPS) is 15.1. The standard InChI is InChI=1S/C20H27FN2O.C2H6/c1-5-6-14(2)15(3)7-8-16(4)22-20(24)23-12-17-9-10-19(21)11-18(17)13-23;1-2/h7-11,14H,5-6,12-13H2,1-4H3,(H,22,24);1-2H3/b15-7+,16-8+;. The average molecular weight is 361 g/mol. The Bertz CT molecular complexity index is 664. The number of allylic oxidation sites excluding steroid dienone is 4. The Labute approximate surface area is 158 Å². The van der Waals surface area contributed by atoms with Gasteiger partial charge in [0.25, 0.3) is 0 Å². The minimum atomic E-state index is -0.256. The molecular weight excluding hydrogens is 327 g/mol. The van der Waals surface area contributed by atoms with Crippen LogP contribution in [0.2, 0.25) is 0 Å². The van der Waals surface area contributed by atoms with Crippen molar-refractivity contribution in [2.45, 2.75) is 67.5 Å². The summed E-state index contributed by atoms with van der Waals surface area (Å²) in [5.41, 5.74) is 4.02. The van der Waals surface area contributed by atoms with Crippen LogP contribution >= 0.6 is 0 Å². The molecular formula is C22H33FN2O. The van der Waals surface area contributed by atoms with Crippen molar-refractivity contribution >= 4 is 6.03 Å². The second-order valence-corrected chi connectivity index (χ2v) is 6.65. The summed E-state index contributed by atoms with van der Waals surface area (Å²) in [6.07, 6.45) is 6.36. The Morgan fingerprint density at radius 3 is 2.54 bits per heavy atom. The van der Waals surface area contributed by atoms with Gasteiger partial charge in [0.05, 0.1) is 0 Å². The summed E-state index contributed by atoms with van der Waals surface area (Å²) >= 11 is 0. The number of benzene rings is 1. The minimum absolute atomic E-state index is 0.145. The van der Waals surface area contributed by atoms with Gasteiger partial charge in [-0.25, -0.2) is 9.18 Å². The van der Waals surface area contributed by atoms with Crippen molar-refractivity contribution in [2.24, 2.45) is 5.92 Å². The molecule has 1 aliphatic rings. The van der Waals surface area contributed by atoms with Crippen LogP contribution in [0.1, 0.15) is 65.5 Å². The number of nitrogens with one attached hydrogen (secondary N) is 1. The maximum absolute atomic E-state index is 13.3. The molecule has 1 heterocycles. The molecule has 1 aromatic rings. The van der Waals surface area contributed by atoms with Crippen molar-refractivity contribution < 1.29 is 9.18 Å². The van der Waals surface area contributed by atoms with E-state index in [0.29, 0.717) is 19.0 Å². The van der Waals surface area contributed by atoms with Crippen LogP contribution in [-0.2, 0) is 13.1 Å². The molecule has 0 aliphatic carbocycles. The van der Waals surface area contributed by atoms with Gasteiger partial charge in [-0.1, -0.05) is 51.8 Å². The number of urea groups is 1. The minimum Gasteiger partial charge on any atom is -0.316 e. The van der Waals surface area contributed by atoms with Crippen molar-refractivity contribution in [2.75, 3.05) is 0 Å². The fourth-order valence-corrected chi connectivity index (χ4v) is 2.88. The lowest BCUT2D eigenvalue weighted by atomic mass is 9.97. The summed E-state index contributed by atoms with van der Waals surface area (Å²) in [5, 5.41) is 2.91. The summed E-state index contributed by atoms with van der Waals surface area (Å²) in [6.45, 7) is 13.4. The van der Waals surface area contributed by atoms with Crippen molar-refractivity contribution in [1.82, 2.24) is 10.2 Å². The zero-order chi connectivity index (χ0) is 19.7. The van der Waals surface area contributed by atoms with E-state index in [1.54, 1.807) is 11.0 Å². The molecule has 144 valence electrons. The number of hydrogen-bond acceptors (Lipinski definition) is 1. The molecule has 4 heteroatoms. The number of carbonyl (C=O) groups excluding carboxylic acids is 1. The van der Waals surface area contributed by atoms with E-state index in [-0.39, 0.29) is 11.8 Å². The highest BCUT2D eigenvalue weighted by atomic mass is 19.1. The first kappa shape index (κ1) is 21.9. The number of halogens is 1. The lowest BCUT2D eigenvalue weighted by molar-refractivity contribution is 0.201. The lowest BCUT2D eigenvalue weighted by Crippen LogP contribution is -2.35. The molecule has 0 saturated carbocycles. The molecule has 1 atom stereocenters. The molecule has 2 rings (SSSR count). The van der Waals surface area contributed by atoms with Crippen LogP contribution in [0.15, 0.2) is 41.6 Å². The third kappa shape index (κ3) is 6.32. The molecule has 1 aromatic carbocycles. The van der Waals surface area contributed by atoms with Crippen LogP contribution in [0.4, 0.5) is 9.18 Å². The van der Waals surface area contributed by atoms with E-state index < -0.39 is 0 Å². The average Bonchev–Trinajstić information content (AvgIpc) is 3.04. The summed E-state index contributed by atoms with van der Waals surface area (Å²) in [4.78, 5) is 14.0. The maximum atomic E-state index is 13.3. The van der Waals surface area contributed by atoms with Crippen molar-refractivity contribution in [3.05, 3.63) is 58.6 Å². The molecule has 0 saturated heterocycles. The smallest absolute Gasteiger partial charge is 0.316 e. The van der Waals surface area contributed by atoms with Gasteiger partial charge in [0, 0.05) is 18.8 Å². The Kier molecular flexibility index (Phi) is 9.11. The van der Waals surface area contributed by atoms with Crippen LogP contribution < -0.4 is 5.32 Å².